The summed E-state index contributed by atoms with van der Waals surface area (Å²) in [6.45, 7) is 3.98. The molecule has 0 radical (unpaired) electrons. The van der Waals surface area contributed by atoms with E-state index in [2.05, 4.69) is 11.9 Å². The lowest BCUT2D eigenvalue weighted by Gasteiger charge is -2.11. The van der Waals surface area contributed by atoms with Crippen LogP contribution in [-0.4, -0.2) is 4.98 Å². The van der Waals surface area contributed by atoms with Crippen molar-refractivity contribution in [3.63, 3.8) is 0 Å². The molecule has 0 saturated carbocycles. The van der Waals surface area contributed by atoms with E-state index in [4.69, 9.17) is 17.3 Å². The number of halogens is 1. The van der Waals surface area contributed by atoms with Crippen molar-refractivity contribution < 1.29 is 0 Å². The standard InChI is InChI=1S/C9H13ClN2/c1-3-8(11)7-4-5-9(10)12-6(7)2/h4-5,8H,3,11H2,1-2H3/t8-/m0/s1. The zero-order chi connectivity index (χ0) is 9.14. The second-order valence-electron chi connectivity index (χ2n) is 2.82. The first-order valence-corrected chi connectivity index (χ1v) is 4.41. The molecule has 2 N–H and O–H groups in total. The molecular weight excluding hydrogens is 172 g/mol. The average Bonchev–Trinajstić information content (AvgIpc) is 2.03. The van der Waals surface area contributed by atoms with E-state index in [1.54, 1.807) is 6.07 Å². The molecule has 1 aromatic rings. The topological polar surface area (TPSA) is 38.9 Å². The molecule has 1 aromatic heterocycles. The molecule has 0 unspecified atom stereocenters. The molecule has 0 fully saturated rings. The molecule has 0 bridgehead atoms. The number of nitrogens with two attached hydrogens (primary N) is 1. The summed E-state index contributed by atoms with van der Waals surface area (Å²) in [5, 5.41) is 0.527. The van der Waals surface area contributed by atoms with Crippen LogP contribution in [0.4, 0.5) is 0 Å². The maximum atomic E-state index is 5.86. The monoisotopic (exact) mass is 184 g/mol. The number of rotatable bonds is 2. The minimum Gasteiger partial charge on any atom is -0.324 e. The first-order valence-electron chi connectivity index (χ1n) is 4.03. The van der Waals surface area contributed by atoms with E-state index in [9.17, 15) is 0 Å². The summed E-state index contributed by atoms with van der Waals surface area (Å²) in [6.07, 6.45) is 0.921. The number of hydrogen-bond acceptors (Lipinski definition) is 2. The van der Waals surface area contributed by atoms with Gasteiger partial charge in [-0.3, -0.25) is 0 Å². The van der Waals surface area contributed by atoms with Crippen molar-refractivity contribution in [2.75, 3.05) is 0 Å². The fraction of sp³-hybridized carbons (Fsp3) is 0.444. The van der Waals surface area contributed by atoms with E-state index in [1.807, 2.05) is 13.0 Å². The molecule has 12 heavy (non-hydrogen) atoms. The Hall–Kier alpha value is -0.600. The van der Waals surface area contributed by atoms with Crippen LogP contribution in [0.25, 0.3) is 0 Å². The molecule has 1 rings (SSSR count). The highest BCUT2D eigenvalue weighted by Crippen LogP contribution is 2.18. The average molecular weight is 185 g/mol. The van der Waals surface area contributed by atoms with Crippen LogP contribution in [0, 0.1) is 6.92 Å². The van der Waals surface area contributed by atoms with Crippen molar-refractivity contribution in [2.45, 2.75) is 26.3 Å². The Morgan fingerprint density at radius 3 is 2.75 bits per heavy atom. The van der Waals surface area contributed by atoms with Crippen LogP contribution in [-0.2, 0) is 0 Å². The van der Waals surface area contributed by atoms with E-state index in [1.165, 1.54) is 0 Å². The number of aromatic nitrogens is 1. The van der Waals surface area contributed by atoms with Gasteiger partial charge in [0.05, 0.1) is 0 Å². The molecule has 0 aliphatic carbocycles. The molecule has 0 saturated heterocycles. The first-order chi connectivity index (χ1) is 5.65. The van der Waals surface area contributed by atoms with Gasteiger partial charge in [-0.2, -0.15) is 0 Å². The minimum atomic E-state index is 0.0785. The Labute approximate surface area is 77.8 Å². The van der Waals surface area contributed by atoms with Crippen molar-refractivity contribution in [1.29, 1.82) is 0 Å². The summed E-state index contributed by atoms with van der Waals surface area (Å²) in [4.78, 5) is 4.13. The SMILES string of the molecule is CC[C@H](N)c1ccc(Cl)nc1C. The minimum absolute atomic E-state index is 0.0785. The fourth-order valence-electron chi connectivity index (χ4n) is 1.15. The van der Waals surface area contributed by atoms with Gasteiger partial charge in [-0.15, -0.1) is 0 Å². The predicted octanol–water partition coefficient (Wildman–Crippen LogP) is 2.45. The van der Waals surface area contributed by atoms with Crippen LogP contribution in [0.2, 0.25) is 5.15 Å². The van der Waals surface area contributed by atoms with Crippen LogP contribution in [0.3, 0.4) is 0 Å². The Morgan fingerprint density at radius 2 is 2.25 bits per heavy atom. The predicted molar refractivity (Wildman–Crippen MR) is 51.2 cm³/mol. The van der Waals surface area contributed by atoms with E-state index >= 15 is 0 Å². The largest absolute Gasteiger partial charge is 0.324 e. The number of pyridine rings is 1. The molecule has 66 valence electrons. The van der Waals surface area contributed by atoms with Gasteiger partial charge in [0, 0.05) is 11.7 Å². The third kappa shape index (κ3) is 1.96. The normalized spacial score (nSPS) is 13.0. The maximum Gasteiger partial charge on any atom is 0.129 e. The highest BCUT2D eigenvalue weighted by Gasteiger charge is 2.07. The Bertz CT molecular complexity index is 273. The summed E-state index contributed by atoms with van der Waals surface area (Å²) in [6, 6.07) is 3.80. The molecule has 0 aromatic carbocycles. The van der Waals surface area contributed by atoms with Crippen LogP contribution in [0.15, 0.2) is 12.1 Å². The molecule has 0 spiro atoms. The van der Waals surface area contributed by atoms with Gasteiger partial charge in [0.25, 0.3) is 0 Å². The lowest BCUT2D eigenvalue weighted by molar-refractivity contribution is 0.689. The van der Waals surface area contributed by atoms with Gasteiger partial charge in [0.1, 0.15) is 5.15 Å². The van der Waals surface area contributed by atoms with Gasteiger partial charge in [0.15, 0.2) is 0 Å². The Kier molecular flexibility index (Phi) is 3.06. The van der Waals surface area contributed by atoms with Crippen molar-refractivity contribution in [1.82, 2.24) is 4.98 Å². The van der Waals surface area contributed by atoms with Crippen molar-refractivity contribution in [3.8, 4) is 0 Å². The molecule has 3 heteroatoms. The lowest BCUT2D eigenvalue weighted by atomic mass is 10.0. The van der Waals surface area contributed by atoms with Crippen molar-refractivity contribution in [2.24, 2.45) is 5.73 Å². The summed E-state index contributed by atoms with van der Waals surface area (Å²) >= 11 is 5.71. The molecule has 0 amide bonds. The van der Waals surface area contributed by atoms with Crippen LogP contribution in [0.1, 0.15) is 30.6 Å². The summed E-state index contributed by atoms with van der Waals surface area (Å²) in [5.41, 5.74) is 7.87. The quantitative estimate of drug-likeness (QED) is 0.718. The van der Waals surface area contributed by atoms with Crippen molar-refractivity contribution >= 4 is 11.6 Å². The van der Waals surface area contributed by atoms with Crippen LogP contribution in [0.5, 0.6) is 0 Å². The second-order valence-corrected chi connectivity index (χ2v) is 3.21. The molecule has 1 heterocycles. The third-order valence-corrected chi connectivity index (χ3v) is 2.14. The van der Waals surface area contributed by atoms with E-state index in [-0.39, 0.29) is 6.04 Å². The zero-order valence-corrected chi connectivity index (χ0v) is 8.10. The Balaban J connectivity index is 3.01. The first kappa shape index (κ1) is 9.49. The maximum absolute atomic E-state index is 5.86. The van der Waals surface area contributed by atoms with Gasteiger partial charge in [-0.1, -0.05) is 24.6 Å². The highest BCUT2D eigenvalue weighted by atomic mass is 35.5. The summed E-state index contributed by atoms with van der Waals surface area (Å²) in [5.74, 6) is 0. The van der Waals surface area contributed by atoms with Crippen LogP contribution < -0.4 is 5.73 Å². The van der Waals surface area contributed by atoms with Gasteiger partial charge >= 0.3 is 0 Å². The van der Waals surface area contributed by atoms with E-state index in [0.29, 0.717) is 5.15 Å². The van der Waals surface area contributed by atoms with Crippen molar-refractivity contribution in [3.05, 3.63) is 28.5 Å². The lowest BCUT2D eigenvalue weighted by Crippen LogP contribution is -2.10. The Morgan fingerprint density at radius 1 is 1.58 bits per heavy atom. The van der Waals surface area contributed by atoms with Gasteiger partial charge in [0.2, 0.25) is 0 Å². The smallest absolute Gasteiger partial charge is 0.129 e. The van der Waals surface area contributed by atoms with Crippen LogP contribution >= 0.6 is 11.6 Å². The summed E-state index contributed by atoms with van der Waals surface area (Å²) < 4.78 is 0. The second kappa shape index (κ2) is 3.87. The third-order valence-electron chi connectivity index (χ3n) is 1.93. The molecule has 1 atom stereocenters. The number of aryl methyl sites for hydroxylation is 1. The molecule has 0 aliphatic rings. The molecular formula is C9H13ClN2. The van der Waals surface area contributed by atoms with Gasteiger partial charge in [-0.25, -0.2) is 4.98 Å². The highest BCUT2D eigenvalue weighted by molar-refractivity contribution is 6.29. The number of hydrogen-bond donors (Lipinski definition) is 1. The van der Waals surface area contributed by atoms with E-state index in [0.717, 1.165) is 17.7 Å². The number of nitrogens with zero attached hydrogens (tertiary/aromatic N) is 1. The van der Waals surface area contributed by atoms with Gasteiger partial charge in [-0.05, 0) is 25.0 Å². The summed E-state index contributed by atoms with van der Waals surface area (Å²) in [7, 11) is 0. The van der Waals surface area contributed by atoms with Gasteiger partial charge < -0.3 is 5.73 Å². The molecule has 0 aliphatic heterocycles. The molecule has 2 nitrogen and oxygen atoms in total. The zero-order valence-electron chi connectivity index (χ0n) is 7.34. The van der Waals surface area contributed by atoms with E-state index < -0.39 is 0 Å². The fourth-order valence-corrected chi connectivity index (χ4v) is 1.34.